The minimum atomic E-state index is -0.216. The molecule has 1 aliphatic rings. The highest BCUT2D eigenvalue weighted by Gasteiger charge is 2.25. The highest BCUT2D eigenvalue weighted by atomic mass is 35.5. The van der Waals surface area contributed by atoms with E-state index in [-0.39, 0.29) is 11.8 Å². The van der Waals surface area contributed by atoms with Gasteiger partial charge in [-0.2, -0.15) is 0 Å². The van der Waals surface area contributed by atoms with Crippen molar-refractivity contribution in [3.63, 3.8) is 0 Å². The summed E-state index contributed by atoms with van der Waals surface area (Å²) in [5.41, 5.74) is 7.04. The fraction of sp³-hybridized carbons (Fsp3) is 0.583. The average molecular weight is 269 g/mol. The van der Waals surface area contributed by atoms with E-state index in [1.807, 2.05) is 13.8 Å². The molecule has 2 heterocycles. The Morgan fingerprint density at radius 2 is 1.83 bits per heavy atom. The van der Waals surface area contributed by atoms with Gasteiger partial charge in [-0.25, -0.2) is 9.97 Å². The number of carbonyl (C=O) groups is 1. The molecule has 1 aromatic heterocycles. The Morgan fingerprint density at radius 3 is 2.39 bits per heavy atom. The number of primary amides is 1. The molecule has 0 radical (unpaired) electrons. The number of nitrogens with zero attached hydrogens (tertiary/aromatic N) is 3. The molecular formula is C12H17ClN4O. The summed E-state index contributed by atoms with van der Waals surface area (Å²) >= 11 is 6.13. The Balaban J connectivity index is 2.15. The maximum absolute atomic E-state index is 11.1. The first kappa shape index (κ1) is 13.1. The van der Waals surface area contributed by atoms with E-state index in [1.165, 1.54) is 0 Å². The van der Waals surface area contributed by atoms with E-state index in [4.69, 9.17) is 17.3 Å². The molecule has 18 heavy (non-hydrogen) atoms. The normalized spacial score (nSPS) is 16.9. The molecule has 2 N–H and O–H groups in total. The number of hydrogen-bond acceptors (Lipinski definition) is 4. The monoisotopic (exact) mass is 268 g/mol. The van der Waals surface area contributed by atoms with E-state index < -0.39 is 0 Å². The zero-order chi connectivity index (χ0) is 13.3. The molecule has 1 aliphatic heterocycles. The van der Waals surface area contributed by atoms with Crippen molar-refractivity contribution in [1.29, 1.82) is 0 Å². The lowest BCUT2D eigenvalue weighted by Gasteiger charge is -2.31. The number of amides is 1. The number of rotatable bonds is 2. The van der Waals surface area contributed by atoms with E-state index in [0.29, 0.717) is 11.0 Å². The van der Waals surface area contributed by atoms with Crippen LogP contribution in [0.2, 0.25) is 5.15 Å². The van der Waals surface area contributed by atoms with Crippen molar-refractivity contribution in [2.24, 2.45) is 11.7 Å². The SMILES string of the molecule is Cc1nc(Cl)c(N2CCC(C(N)=O)CC2)nc1C. The molecule has 0 spiro atoms. The Hall–Kier alpha value is -1.36. The van der Waals surface area contributed by atoms with Gasteiger partial charge in [-0.05, 0) is 26.7 Å². The van der Waals surface area contributed by atoms with E-state index in [9.17, 15) is 4.79 Å². The largest absolute Gasteiger partial charge is 0.369 e. The lowest BCUT2D eigenvalue weighted by atomic mass is 9.96. The van der Waals surface area contributed by atoms with E-state index >= 15 is 0 Å². The summed E-state index contributed by atoms with van der Waals surface area (Å²) in [7, 11) is 0. The molecule has 0 bridgehead atoms. The fourth-order valence-corrected chi connectivity index (χ4v) is 2.43. The van der Waals surface area contributed by atoms with Crippen molar-refractivity contribution in [1.82, 2.24) is 9.97 Å². The first-order chi connectivity index (χ1) is 8.49. The van der Waals surface area contributed by atoms with Gasteiger partial charge in [-0.3, -0.25) is 4.79 Å². The quantitative estimate of drug-likeness (QED) is 0.881. The topological polar surface area (TPSA) is 72.1 Å². The molecule has 5 nitrogen and oxygen atoms in total. The first-order valence-electron chi connectivity index (χ1n) is 6.04. The van der Waals surface area contributed by atoms with Crippen LogP contribution in [0.4, 0.5) is 5.82 Å². The number of anilines is 1. The van der Waals surface area contributed by atoms with E-state index in [0.717, 1.165) is 37.3 Å². The molecule has 1 saturated heterocycles. The van der Waals surface area contributed by atoms with Crippen molar-refractivity contribution in [2.45, 2.75) is 26.7 Å². The highest BCUT2D eigenvalue weighted by molar-refractivity contribution is 6.31. The molecule has 0 saturated carbocycles. The second-order valence-corrected chi connectivity index (χ2v) is 5.03. The number of aryl methyl sites for hydroxylation is 2. The van der Waals surface area contributed by atoms with Crippen LogP contribution in [0.1, 0.15) is 24.2 Å². The Labute approximate surface area is 111 Å². The molecule has 1 aromatic rings. The van der Waals surface area contributed by atoms with Crippen LogP contribution in [0, 0.1) is 19.8 Å². The summed E-state index contributed by atoms with van der Waals surface area (Å²) in [6.07, 6.45) is 1.50. The average Bonchev–Trinajstić information content (AvgIpc) is 2.34. The molecule has 0 unspecified atom stereocenters. The number of piperidine rings is 1. The standard InChI is InChI=1S/C12H17ClN4O/c1-7-8(2)16-12(10(13)15-7)17-5-3-9(4-6-17)11(14)18/h9H,3-6H2,1-2H3,(H2,14,18). The van der Waals surface area contributed by atoms with Crippen molar-refractivity contribution >= 4 is 23.3 Å². The van der Waals surface area contributed by atoms with Crippen LogP contribution >= 0.6 is 11.6 Å². The van der Waals surface area contributed by atoms with Crippen molar-refractivity contribution in [3.8, 4) is 0 Å². The van der Waals surface area contributed by atoms with Crippen molar-refractivity contribution in [3.05, 3.63) is 16.5 Å². The number of carbonyl (C=O) groups excluding carboxylic acids is 1. The van der Waals surface area contributed by atoms with Crippen LogP contribution in [-0.4, -0.2) is 29.0 Å². The maximum Gasteiger partial charge on any atom is 0.220 e. The Morgan fingerprint density at radius 1 is 1.28 bits per heavy atom. The summed E-state index contributed by atoms with van der Waals surface area (Å²) in [6, 6.07) is 0. The molecule has 98 valence electrons. The van der Waals surface area contributed by atoms with Crippen LogP contribution in [-0.2, 0) is 4.79 Å². The molecule has 1 amide bonds. The third-order valence-corrected chi connectivity index (χ3v) is 3.70. The number of nitrogens with two attached hydrogens (primary N) is 1. The van der Waals surface area contributed by atoms with Gasteiger partial charge in [0.1, 0.15) is 0 Å². The molecular weight excluding hydrogens is 252 g/mol. The van der Waals surface area contributed by atoms with Crippen LogP contribution in [0.5, 0.6) is 0 Å². The maximum atomic E-state index is 11.1. The number of aromatic nitrogens is 2. The second-order valence-electron chi connectivity index (χ2n) is 4.67. The Bertz CT molecular complexity index is 469. The molecule has 6 heteroatoms. The van der Waals surface area contributed by atoms with Gasteiger partial charge < -0.3 is 10.6 Å². The zero-order valence-electron chi connectivity index (χ0n) is 10.6. The predicted octanol–water partition coefficient (Wildman–Crippen LogP) is 1.45. The smallest absolute Gasteiger partial charge is 0.220 e. The van der Waals surface area contributed by atoms with Gasteiger partial charge in [-0.15, -0.1) is 0 Å². The molecule has 1 fully saturated rings. The first-order valence-corrected chi connectivity index (χ1v) is 6.42. The van der Waals surface area contributed by atoms with Gasteiger partial charge in [-0.1, -0.05) is 11.6 Å². The van der Waals surface area contributed by atoms with E-state index in [2.05, 4.69) is 14.9 Å². The van der Waals surface area contributed by atoms with Crippen molar-refractivity contribution < 1.29 is 4.79 Å². The third kappa shape index (κ3) is 2.56. The van der Waals surface area contributed by atoms with Crippen LogP contribution < -0.4 is 10.6 Å². The van der Waals surface area contributed by atoms with Gasteiger partial charge in [0.05, 0.1) is 11.4 Å². The molecule has 2 rings (SSSR count). The van der Waals surface area contributed by atoms with Gasteiger partial charge >= 0.3 is 0 Å². The summed E-state index contributed by atoms with van der Waals surface area (Å²) < 4.78 is 0. The number of halogens is 1. The van der Waals surface area contributed by atoms with Crippen molar-refractivity contribution in [2.75, 3.05) is 18.0 Å². The van der Waals surface area contributed by atoms with Crippen LogP contribution in [0.25, 0.3) is 0 Å². The minimum absolute atomic E-state index is 0.0282. The van der Waals surface area contributed by atoms with E-state index in [1.54, 1.807) is 0 Å². The highest BCUT2D eigenvalue weighted by Crippen LogP contribution is 2.27. The van der Waals surface area contributed by atoms with Crippen LogP contribution in [0.15, 0.2) is 0 Å². The summed E-state index contributed by atoms with van der Waals surface area (Å²) in [4.78, 5) is 21.9. The lowest BCUT2D eigenvalue weighted by Crippen LogP contribution is -2.39. The minimum Gasteiger partial charge on any atom is -0.369 e. The Kier molecular flexibility index (Phi) is 3.71. The number of hydrogen-bond donors (Lipinski definition) is 1. The lowest BCUT2D eigenvalue weighted by molar-refractivity contribution is -0.122. The molecule has 0 aromatic carbocycles. The second kappa shape index (κ2) is 5.10. The van der Waals surface area contributed by atoms with Gasteiger partial charge in [0.2, 0.25) is 5.91 Å². The molecule has 0 atom stereocenters. The van der Waals surface area contributed by atoms with Gasteiger partial charge in [0.15, 0.2) is 11.0 Å². The van der Waals surface area contributed by atoms with Gasteiger partial charge in [0, 0.05) is 19.0 Å². The predicted molar refractivity (Wildman–Crippen MR) is 70.6 cm³/mol. The summed E-state index contributed by atoms with van der Waals surface area (Å²) in [5, 5.41) is 0.427. The van der Waals surface area contributed by atoms with Crippen LogP contribution in [0.3, 0.4) is 0 Å². The fourth-order valence-electron chi connectivity index (χ4n) is 2.14. The summed E-state index contributed by atoms with van der Waals surface area (Å²) in [6.45, 7) is 5.28. The third-order valence-electron chi connectivity index (χ3n) is 3.44. The summed E-state index contributed by atoms with van der Waals surface area (Å²) in [5.74, 6) is 0.467. The molecule has 0 aliphatic carbocycles. The zero-order valence-corrected chi connectivity index (χ0v) is 11.4. The van der Waals surface area contributed by atoms with Gasteiger partial charge in [0.25, 0.3) is 0 Å².